The third kappa shape index (κ3) is 3.21. The number of carboxylic acid groups (broad SMARTS) is 1. The molecule has 7 nitrogen and oxygen atoms in total. The maximum absolute atomic E-state index is 11.7. The number of hydrogen-bond acceptors (Lipinski definition) is 4. The minimum atomic E-state index is -0.874. The molecule has 0 aliphatic heterocycles. The highest BCUT2D eigenvalue weighted by Gasteiger charge is 2.09. The fraction of sp³-hybridized carbons (Fsp3) is 0.250. The number of aromatic nitrogens is 4. The van der Waals surface area contributed by atoms with Gasteiger partial charge < -0.3 is 5.11 Å². The van der Waals surface area contributed by atoms with Crippen LogP contribution in [0, 0.1) is 0 Å². The average Bonchev–Trinajstić information content (AvgIpc) is 2.40. The van der Waals surface area contributed by atoms with Gasteiger partial charge in [0.15, 0.2) is 12.7 Å². The zero-order valence-corrected chi connectivity index (χ0v) is 10.4. The molecule has 2 rings (SSSR count). The summed E-state index contributed by atoms with van der Waals surface area (Å²) < 4.78 is 3.06. The second-order valence-corrected chi connectivity index (χ2v) is 4.05. The van der Waals surface area contributed by atoms with E-state index in [4.69, 9.17) is 5.11 Å². The molecule has 0 spiro atoms. The van der Waals surface area contributed by atoms with Crippen LogP contribution in [-0.2, 0) is 18.4 Å². The van der Waals surface area contributed by atoms with Crippen molar-refractivity contribution in [3.63, 3.8) is 0 Å². The van der Waals surface area contributed by atoms with E-state index in [9.17, 15) is 9.59 Å². The van der Waals surface area contributed by atoms with Crippen LogP contribution in [0.5, 0.6) is 0 Å². The normalized spacial score (nSPS) is 10.4. The van der Waals surface area contributed by atoms with E-state index in [1.807, 2.05) is 0 Å². The van der Waals surface area contributed by atoms with Crippen molar-refractivity contribution in [2.75, 3.05) is 0 Å². The molecule has 0 saturated carbocycles. The number of aliphatic carboxylic acids is 1. The van der Waals surface area contributed by atoms with Crippen LogP contribution in [0.2, 0.25) is 0 Å². The molecule has 2 aromatic rings. The number of nitrogens with zero attached hydrogens (tertiary/aromatic N) is 4. The van der Waals surface area contributed by atoms with E-state index >= 15 is 0 Å². The van der Waals surface area contributed by atoms with E-state index in [0.717, 1.165) is 0 Å². The Kier molecular flexibility index (Phi) is 3.65. The number of carbonyl (C=O) groups is 1. The SMILES string of the molecule is Cn1cc(-c2cc[n+](CCC(=O)O)nc2)c(=O)cn1. The standard InChI is InChI=1S/C12H12N4O3/c1-15-8-10(11(17)7-13-15)9-2-4-16(14-6-9)5-3-12(18)19/h2,4,6-8H,3,5H2,1H3/p+1. The summed E-state index contributed by atoms with van der Waals surface area (Å²) in [7, 11) is 1.73. The van der Waals surface area contributed by atoms with Crippen molar-refractivity contribution >= 4 is 5.97 Å². The van der Waals surface area contributed by atoms with Gasteiger partial charge in [-0.1, -0.05) is 4.68 Å². The van der Waals surface area contributed by atoms with Gasteiger partial charge in [-0.15, -0.1) is 0 Å². The first-order valence-electron chi connectivity index (χ1n) is 5.67. The first-order valence-corrected chi connectivity index (χ1v) is 5.67. The zero-order valence-electron chi connectivity index (χ0n) is 10.4. The summed E-state index contributed by atoms with van der Waals surface area (Å²) in [5, 5.41) is 16.5. The molecule has 7 heteroatoms. The van der Waals surface area contributed by atoms with E-state index in [2.05, 4.69) is 10.2 Å². The Balaban J connectivity index is 2.25. The molecule has 0 amide bonds. The van der Waals surface area contributed by atoms with Crippen LogP contribution < -0.4 is 10.1 Å². The molecule has 0 saturated heterocycles. The van der Waals surface area contributed by atoms with Crippen molar-refractivity contribution in [2.45, 2.75) is 13.0 Å². The van der Waals surface area contributed by atoms with Crippen molar-refractivity contribution < 1.29 is 14.6 Å². The van der Waals surface area contributed by atoms with Gasteiger partial charge in [-0.3, -0.25) is 14.3 Å². The molecule has 0 aliphatic rings. The molecule has 0 atom stereocenters. The third-order valence-electron chi connectivity index (χ3n) is 2.58. The van der Waals surface area contributed by atoms with Crippen molar-refractivity contribution in [1.29, 1.82) is 0 Å². The Morgan fingerprint density at radius 1 is 1.47 bits per heavy atom. The van der Waals surface area contributed by atoms with Gasteiger partial charge in [0.1, 0.15) is 12.6 Å². The van der Waals surface area contributed by atoms with Gasteiger partial charge in [0.05, 0.1) is 11.8 Å². The van der Waals surface area contributed by atoms with Crippen molar-refractivity contribution in [2.24, 2.45) is 7.05 Å². The summed E-state index contributed by atoms with van der Waals surface area (Å²) in [6.07, 6.45) is 6.08. The number of carboxylic acids is 1. The Hall–Kier alpha value is -2.57. The Labute approximate surface area is 108 Å². The molecule has 19 heavy (non-hydrogen) atoms. The van der Waals surface area contributed by atoms with Gasteiger partial charge in [-0.2, -0.15) is 5.10 Å². The maximum Gasteiger partial charge on any atom is 0.309 e. The zero-order chi connectivity index (χ0) is 13.8. The Bertz CT molecular complexity index is 649. The molecule has 98 valence electrons. The van der Waals surface area contributed by atoms with Gasteiger partial charge in [0.25, 0.3) is 0 Å². The summed E-state index contributed by atoms with van der Waals surface area (Å²) in [5.41, 5.74) is 1.01. The monoisotopic (exact) mass is 261 g/mol. The Morgan fingerprint density at radius 2 is 2.26 bits per heavy atom. The molecule has 0 unspecified atom stereocenters. The molecular weight excluding hydrogens is 248 g/mol. The van der Waals surface area contributed by atoms with Gasteiger partial charge in [-0.25, -0.2) is 0 Å². The lowest BCUT2D eigenvalue weighted by molar-refractivity contribution is -0.752. The number of rotatable bonds is 4. The summed E-state index contributed by atoms with van der Waals surface area (Å²) in [6, 6.07) is 1.73. The number of hydrogen-bond donors (Lipinski definition) is 1. The van der Waals surface area contributed by atoms with Crippen LogP contribution in [0.25, 0.3) is 11.1 Å². The first-order chi connectivity index (χ1) is 9.06. The van der Waals surface area contributed by atoms with E-state index in [1.54, 1.807) is 36.4 Å². The lowest BCUT2D eigenvalue weighted by Crippen LogP contribution is -2.38. The van der Waals surface area contributed by atoms with Crippen LogP contribution >= 0.6 is 0 Å². The van der Waals surface area contributed by atoms with Crippen molar-refractivity contribution in [3.05, 3.63) is 41.1 Å². The van der Waals surface area contributed by atoms with Gasteiger partial charge in [-0.05, 0) is 5.10 Å². The highest BCUT2D eigenvalue weighted by atomic mass is 16.4. The lowest BCUT2D eigenvalue weighted by atomic mass is 10.1. The van der Waals surface area contributed by atoms with Crippen LogP contribution in [0.1, 0.15) is 6.42 Å². The lowest BCUT2D eigenvalue weighted by Gasteiger charge is -2.01. The summed E-state index contributed by atoms with van der Waals surface area (Å²) in [6.45, 7) is 0.296. The first kappa shape index (κ1) is 12.9. The maximum atomic E-state index is 11.7. The highest BCUT2D eigenvalue weighted by Crippen LogP contribution is 2.10. The predicted molar refractivity (Wildman–Crippen MR) is 65.2 cm³/mol. The fourth-order valence-electron chi connectivity index (χ4n) is 1.60. The van der Waals surface area contributed by atoms with Crippen LogP contribution in [0.3, 0.4) is 0 Å². The van der Waals surface area contributed by atoms with Crippen LogP contribution in [-0.4, -0.2) is 26.0 Å². The number of aryl methyl sites for hydroxylation is 2. The molecule has 2 heterocycles. The van der Waals surface area contributed by atoms with E-state index in [0.29, 0.717) is 17.7 Å². The van der Waals surface area contributed by atoms with Crippen LogP contribution in [0.4, 0.5) is 0 Å². The molecule has 0 fully saturated rings. The molecular formula is C12H13N4O3+. The fourth-order valence-corrected chi connectivity index (χ4v) is 1.60. The van der Waals surface area contributed by atoms with Gasteiger partial charge >= 0.3 is 5.97 Å². The molecule has 1 N–H and O–H groups in total. The topological polar surface area (TPSA) is 89.0 Å². The summed E-state index contributed by atoms with van der Waals surface area (Å²) in [5.74, 6) is -0.874. The highest BCUT2D eigenvalue weighted by molar-refractivity contribution is 5.66. The largest absolute Gasteiger partial charge is 0.481 e. The smallest absolute Gasteiger partial charge is 0.309 e. The molecule has 0 bridgehead atoms. The molecule has 2 aromatic heterocycles. The molecule has 0 aromatic carbocycles. The van der Waals surface area contributed by atoms with E-state index in [-0.39, 0.29) is 11.8 Å². The molecule has 0 radical (unpaired) electrons. The minimum Gasteiger partial charge on any atom is -0.481 e. The average molecular weight is 261 g/mol. The quantitative estimate of drug-likeness (QED) is 0.757. The van der Waals surface area contributed by atoms with E-state index in [1.165, 1.54) is 10.9 Å². The second kappa shape index (κ2) is 5.38. The summed E-state index contributed by atoms with van der Waals surface area (Å²) >= 11 is 0. The third-order valence-corrected chi connectivity index (χ3v) is 2.58. The van der Waals surface area contributed by atoms with E-state index < -0.39 is 5.97 Å². The van der Waals surface area contributed by atoms with Crippen LogP contribution in [0.15, 0.2) is 35.6 Å². The van der Waals surface area contributed by atoms with Crippen molar-refractivity contribution in [3.8, 4) is 11.1 Å². The minimum absolute atomic E-state index is 0.00797. The molecule has 0 aliphatic carbocycles. The van der Waals surface area contributed by atoms with Crippen molar-refractivity contribution in [1.82, 2.24) is 14.9 Å². The van der Waals surface area contributed by atoms with Gasteiger partial charge in [0, 0.05) is 24.9 Å². The second-order valence-electron chi connectivity index (χ2n) is 4.05. The summed E-state index contributed by atoms with van der Waals surface area (Å²) in [4.78, 5) is 22.1. The van der Waals surface area contributed by atoms with Gasteiger partial charge in [0.2, 0.25) is 5.43 Å². The Morgan fingerprint density at radius 3 is 2.89 bits per heavy atom. The predicted octanol–water partition coefficient (Wildman–Crippen LogP) is -0.395.